The zero-order valence-electron chi connectivity index (χ0n) is 22.3. The second-order valence-corrected chi connectivity index (χ2v) is 12.5. The molecule has 0 N–H and O–H groups in total. The van der Waals surface area contributed by atoms with Gasteiger partial charge in [0.15, 0.2) is 6.79 Å². The fourth-order valence-corrected chi connectivity index (χ4v) is 5.61. The highest BCUT2D eigenvalue weighted by Gasteiger charge is 2.32. The molecule has 0 aliphatic carbocycles. The number of hydrogen-bond acceptors (Lipinski definition) is 8. The maximum atomic E-state index is 13.8. The third-order valence-corrected chi connectivity index (χ3v) is 7.19. The molecule has 1 heterocycles. The minimum atomic E-state index is -4.45. The maximum Gasteiger partial charge on any atom is 0.292 e. The molecule has 2 aromatic carbocycles. The number of hydrogen-bond donors (Lipinski definition) is 0. The quantitative estimate of drug-likeness (QED) is 0.201. The third kappa shape index (κ3) is 6.95. The largest absolute Gasteiger partial charge is 0.490 e. The lowest BCUT2D eigenvalue weighted by Gasteiger charge is -2.33. The highest BCUT2D eigenvalue weighted by atomic mass is 32.2. The monoisotopic (exact) mass is 529 g/mol. The van der Waals surface area contributed by atoms with Crippen molar-refractivity contribution in [3.63, 3.8) is 0 Å². The van der Waals surface area contributed by atoms with Crippen LogP contribution in [-0.2, 0) is 24.9 Å². The van der Waals surface area contributed by atoms with Crippen molar-refractivity contribution in [3.05, 3.63) is 70.7 Å². The molecule has 0 amide bonds. The van der Waals surface area contributed by atoms with Gasteiger partial charge in [-0.1, -0.05) is 63.5 Å². The van der Waals surface area contributed by atoms with Crippen molar-refractivity contribution in [2.75, 3.05) is 20.0 Å². The van der Waals surface area contributed by atoms with Crippen molar-refractivity contribution in [2.24, 2.45) is 5.41 Å². The van der Waals surface area contributed by atoms with Crippen molar-refractivity contribution in [1.82, 2.24) is 14.4 Å². The van der Waals surface area contributed by atoms with Gasteiger partial charge in [-0.15, -0.1) is 5.10 Å². The molecule has 37 heavy (non-hydrogen) atoms. The van der Waals surface area contributed by atoms with Gasteiger partial charge in [0.2, 0.25) is 0 Å². The first-order chi connectivity index (χ1) is 17.2. The first-order valence-corrected chi connectivity index (χ1v) is 13.4. The molecule has 3 rings (SSSR count). The molecule has 0 fully saturated rings. The number of aromatic nitrogens is 3. The zero-order valence-corrected chi connectivity index (χ0v) is 23.1. The molecule has 0 unspecified atom stereocenters. The van der Waals surface area contributed by atoms with E-state index in [-0.39, 0.29) is 46.9 Å². The van der Waals surface area contributed by atoms with E-state index in [4.69, 9.17) is 14.2 Å². The topological polar surface area (TPSA) is 110 Å². The number of rotatable bonds is 11. The number of benzene rings is 2. The fourth-order valence-electron chi connectivity index (χ4n) is 4.31. The SMILES string of the molecule is C=C(C)OCOCCOc1ccc(C(C)(C)CC(C)(C)C)cc1S(=O)(=O)n1nnc2ccccc2c1=O. The van der Waals surface area contributed by atoms with Gasteiger partial charge in [-0.05, 0) is 59.2 Å². The first kappa shape index (κ1) is 28.3. The van der Waals surface area contributed by atoms with E-state index in [1.54, 1.807) is 37.3 Å². The van der Waals surface area contributed by atoms with Crippen molar-refractivity contribution < 1.29 is 22.6 Å². The molecule has 0 aliphatic heterocycles. The van der Waals surface area contributed by atoms with E-state index in [1.807, 2.05) is 6.07 Å². The summed E-state index contributed by atoms with van der Waals surface area (Å²) in [7, 11) is -4.45. The summed E-state index contributed by atoms with van der Waals surface area (Å²) in [6, 6.07) is 11.5. The minimum absolute atomic E-state index is 0.00166. The Bertz CT molecular complexity index is 1440. The molecule has 0 spiro atoms. The molecule has 0 saturated carbocycles. The molecule has 9 nitrogen and oxygen atoms in total. The highest BCUT2D eigenvalue weighted by Crippen LogP contribution is 2.39. The third-order valence-electron chi connectivity index (χ3n) is 5.62. The Kier molecular flexibility index (Phi) is 8.44. The fraction of sp³-hybridized carbons (Fsp3) is 0.444. The Labute approximate surface area is 218 Å². The standard InChI is InChI=1S/C27H35N3O6S/c1-19(2)36-18-34-14-15-35-23-13-12-20(27(6,7)17-26(3,4)5)16-24(23)37(32,33)30-25(31)21-10-8-9-11-22(21)28-29-30/h8-13,16H,1,14-15,17-18H2,2-7H3. The van der Waals surface area contributed by atoms with Crippen molar-refractivity contribution in [1.29, 1.82) is 0 Å². The summed E-state index contributed by atoms with van der Waals surface area (Å²) in [4.78, 5) is 12.9. The van der Waals surface area contributed by atoms with Crippen LogP contribution in [0.3, 0.4) is 0 Å². The average molecular weight is 530 g/mol. The zero-order chi connectivity index (χ0) is 27.4. The van der Waals surface area contributed by atoms with Gasteiger partial charge in [0, 0.05) is 0 Å². The molecule has 10 heteroatoms. The Morgan fingerprint density at radius 3 is 2.43 bits per heavy atom. The molecule has 0 atom stereocenters. The summed E-state index contributed by atoms with van der Waals surface area (Å²) in [5.41, 5.74) is -0.0341. The van der Waals surface area contributed by atoms with Gasteiger partial charge in [-0.3, -0.25) is 4.79 Å². The Morgan fingerprint density at radius 1 is 1.05 bits per heavy atom. The smallest absolute Gasteiger partial charge is 0.292 e. The van der Waals surface area contributed by atoms with Crippen LogP contribution in [0.4, 0.5) is 0 Å². The second kappa shape index (κ2) is 11.0. The van der Waals surface area contributed by atoms with Crippen LogP contribution < -0.4 is 10.3 Å². The molecule has 0 bridgehead atoms. The van der Waals surface area contributed by atoms with Gasteiger partial charge < -0.3 is 14.2 Å². The van der Waals surface area contributed by atoms with Crippen LogP contribution in [0.2, 0.25) is 0 Å². The minimum Gasteiger partial charge on any atom is -0.490 e. The normalized spacial score (nSPS) is 12.5. The molecule has 0 radical (unpaired) electrons. The van der Waals surface area contributed by atoms with Crippen LogP contribution >= 0.6 is 0 Å². The Hall–Kier alpha value is -3.24. The van der Waals surface area contributed by atoms with E-state index in [1.165, 1.54) is 6.07 Å². The van der Waals surface area contributed by atoms with E-state index in [0.29, 0.717) is 15.4 Å². The lowest BCUT2D eigenvalue weighted by Crippen LogP contribution is -2.32. The maximum absolute atomic E-state index is 13.8. The van der Waals surface area contributed by atoms with E-state index in [0.717, 1.165) is 12.0 Å². The molecular weight excluding hydrogens is 494 g/mol. The summed E-state index contributed by atoms with van der Waals surface area (Å²) in [6.45, 7) is 16.1. The van der Waals surface area contributed by atoms with Gasteiger partial charge in [0.1, 0.15) is 22.8 Å². The summed E-state index contributed by atoms with van der Waals surface area (Å²) < 4.78 is 44.3. The summed E-state index contributed by atoms with van der Waals surface area (Å²) in [5.74, 6) is 0.603. The van der Waals surface area contributed by atoms with Crippen molar-refractivity contribution in [3.8, 4) is 5.75 Å². The van der Waals surface area contributed by atoms with Gasteiger partial charge in [0.25, 0.3) is 15.6 Å². The Balaban J connectivity index is 2.04. The van der Waals surface area contributed by atoms with Crippen LogP contribution in [0.15, 0.2) is 64.5 Å². The van der Waals surface area contributed by atoms with Gasteiger partial charge in [-0.25, -0.2) is 0 Å². The molecule has 0 saturated heterocycles. The van der Waals surface area contributed by atoms with E-state index < -0.39 is 15.6 Å². The van der Waals surface area contributed by atoms with Crippen LogP contribution in [-0.4, -0.2) is 42.8 Å². The number of ether oxygens (including phenoxy) is 3. The van der Waals surface area contributed by atoms with E-state index in [2.05, 4.69) is 51.5 Å². The van der Waals surface area contributed by atoms with Gasteiger partial charge >= 0.3 is 0 Å². The first-order valence-electron chi connectivity index (χ1n) is 12.0. The summed E-state index contributed by atoms with van der Waals surface area (Å²) in [5, 5.41) is 7.84. The second-order valence-electron chi connectivity index (χ2n) is 10.8. The van der Waals surface area contributed by atoms with Gasteiger partial charge in [0.05, 0.1) is 17.8 Å². The lowest BCUT2D eigenvalue weighted by atomic mass is 9.72. The molecule has 0 aliphatic rings. The van der Waals surface area contributed by atoms with Crippen LogP contribution in [0.25, 0.3) is 10.9 Å². The summed E-state index contributed by atoms with van der Waals surface area (Å²) in [6.07, 6.45) is 0.798. The average Bonchev–Trinajstić information content (AvgIpc) is 2.79. The summed E-state index contributed by atoms with van der Waals surface area (Å²) >= 11 is 0. The molecule has 200 valence electrons. The van der Waals surface area contributed by atoms with Crippen LogP contribution in [0, 0.1) is 5.41 Å². The Morgan fingerprint density at radius 2 is 1.76 bits per heavy atom. The predicted molar refractivity (Wildman–Crippen MR) is 142 cm³/mol. The lowest BCUT2D eigenvalue weighted by molar-refractivity contribution is -0.0314. The molecule has 1 aromatic heterocycles. The predicted octanol–water partition coefficient (Wildman–Crippen LogP) is 4.65. The number of allylic oxidation sites excluding steroid dienone is 1. The van der Waals surface area contributed by atoms with Crippen molar-refractivity contribution >= 4 is 20.9 Å². The number of fused-ring (bicyclic) bond motifs is 1. The highest BCUT2D eigenvalue weighted by molar-refractivity contribution is 7.90. The molecule has 3 aromatic rings. The van der Waals surface area contributed by atoms with Gasteiger partial charge in [-0.2, -0.15) is 8.42 Å². The van der Waals surface area contributed by atoms with Crippen LogP contribution in [0.5, 0.6) is 5.75 Å². The van der Waals surface area contributed by atoms with Crippen molar-refractivity contribution in [2.45, 2.75) is 58.3 Å². The van der Waals surface area contributed by atoms with E-state index in [9.17, 15) is 13.2 Å². The van der Waals surface area contributed by atoms with E-state index >= 15 is 0 Å². The van der Waals surface area contributed by atoms with Crippen LogP contribution in [0.1, 0.15) is 53.5 Å². The number of nitrogens with zero attached hydrogens (tertiary/aromatic N) is 3. The molecular formula is C27H35N3O6S.